The summed E-state index contributed by atoms with van der Waals surface area (Å²) in [5, 5.41) is 13.1. The zero-order valence-electron chi connectivity index (χ0n) is 16.4. The lowest BCUT2D eigenvalue weighted by molar-refractivity contribution is 0.107. The maximum atomic E-state index is 9.55. The molecular formula is C22H34N4O. The summed E-state index contributed by atoms with van der Waals surface area (Å²) in [5.74, 6) is 1.33. The number of benzene rings is 1. The summed E-state index contributed by atoms with van der Waals surface area (Å²) in [6.07, 6.45) is 12.0. The van der Waals surface area contributed by atoms with E-state index < -0.39 is 0 Å². The van der Waals surface area contributed by atoms with Gasteiger partial charge in [-0.1, -0.05) is 32.1 Å². The molecule has 0 atom stereocenters. The van der Waals surface area contributed by atoms with Crippen molar-refractivity contribution in [2.45, 2.75) is 69.9 Å². The van der Waals surface area contributed by atoms with Crippen LogP contribution in [0.4, 0.5) is 5.69 Å². The highest BCUT2D eigenvalue weighted by atomic mass is 16.3. The van der Waals surface area contributed by atoms with Gasteiger partial charge in [0.15, 0.2) is 5.96 Å². The van der Waals surface area contributed by atoms with Crippen molar-refractivity contribution in [1.82, 2.24) is 9.80 Å². The summed E-state index contributed by atoms with van der Waals surface area (Å²) in [6.45, 7) is 4.39. The quantitative estimate of drug-likeness (QED) is 0.479. The van der Waals surface area contributed by atoms with Crippen molar-refractivity contribution in [2.24, 2.45) is 4.99 Å². The van der Waals surface area contributed by atoms with Crippen LogP contribution < -0.4 is 5.32 Å². The number of piperazine rings is 1. The molecule has 1 saturated heterocycles. The fraction of sp³-hybridized carbons (Fsp3) is 0.682. The molecule has 0 bridgehead atoms. The number of phenols is 1. The van der Waals surface area contributed by atoms with Crippen molar-refractivity contribution in [3.05, 3.63) is 24.3 Å². The highest BCUT2D eigenvalue weighted by Crippen LogP contribution is 2.25. The van der Waals surface area contributed by atoms with Gasteiger partial charge >= 0.3 is 0 Å². The lowest BCUT2D eigenvalue weighted by Crippen LogP contribution is -2.53. The molecule has 5 nitrogen and oxygen atoms in total. The summed E-state index contributed by atoms with van der Waals surface area (Å²) < 4.78 is 0. The Balaban J connectivity index is 1.41. The van der Waals surface area contributed by atoms with E-state index in [1.54, 1.807) is 12.1 Å². The Hall–Kier alpha value is -1.75. The van der Waals surface area contributed by atoms with E-state index in [0.29, 0.717) is 11.8 Å². The topological polar surface area (TPSA) is 51.1 Å². The third kappa shape index (κ3) is 4.95. The van der Waals surface area contributed by atoms with Crippen molar-refractivity contribution >= 4 is 11.6 Å². The SMILES string of the molecule is Oc1ccc(NC(=NC2CCCC2)N2CCN(C3CCCCC3)CC2)cc1. The molecule has 1 aromatic rings. The van der Waals surface area contributed by atoms with E-state index in [2.05, 4.69) is 15.1 Å². The van der Waals surface area contributed by atoms with Crippen LogP contribution in [-0.4, -0.2) is 59.1 Å². The van der Waals surface area contributed by atoms with E-state index in [-0.39, 0.29) is 0 Å². The molecule has 0 aromatic heterocycles. The molecular weight excluding hydrogens is 336 g/mol. The second-order valence-electron chi connectivity index (χ2n) is 8.38. The number of anilines is 1. The van der Waals surface area contributed by atoms with Crippen LogP contribution in [0.5, 0.6) is 5.75 Å². The molecule has 0 radical (unpaired) electrons. The molecule has 4 rings (SSSR count). The van der Waals surface area contributed by atoms with E-state index in [9.17, 15) is 5.11 Å². The van der Waals surface area contributed by atoms with Crippen LogP contribution >= 0.6 is 0 Å². The van der Waals surface area contributed by atoms with Crippen LogP contribution in [0.3, 0.4) is 0 Å². The number of hydrogen-bond donors (Lipinski definition) is 2. The Kier molecular flexibility index (Phi) is 6.17. The Bertz CT molecular complexity index is 610. The zero-order valence-corrected chi connectivity index (χ0v) is 16.4. The first-order chi connectivity index (χ1) is 13.3. The average Bonchev–Trinajstić information content (AvgIpc) is 3.23. The molecule has 3 aliphatic rings. The summed E-state index contributed by atoms with van der Waals surface area (Å²) in [4.78, 5) is 10.3. The van der Waals surface area contributed by atoms with E-state index in [0.717, 1.165) is 43.9 Å². The Morgan fingerprint density at radius 2 is 1.48 bits per heavy atom. The van der Waals surface area contributed by atoms with E-state index in [1.807, 2.05) is 12.1 Å². The number of aliphatic imine (C=N–C) groups is 1. The number of guanidine groups is 1. The summed E-state index contributed by atoms with van der Waals surface area (Å²) in [6, 6.07) is 8.59. The zero-order chi connectivity index (χ0) is 18.5. The molecule has 1 aromatic carbocycles. The second-order valence-corrected chi connectivity index (χ2v) is 8.38. The molecule has 0 spiro atoms. The predicted octanol–water partition coefficient (Wildman–Crippen LogP) is 4.05. The van der Waals surface area contributed by atoms with Crippen LogP contribution in [0.1, 0.15) is 57.8 Å². The van der Waals surface area contributed by atoms with E-state index >= 15 is 0 Å². The van der Waals surface area contributed by atoms with Crippen LogP contribution in [-0.2, 0) is 0 Å². The van der Waals surface area contributed by atoms with Crippen LogP contribution in [0, 0.1) is 0 Å². The summed E-state index contributed by atoms with van der Waals surface area (Å²) >= 11 is 0. The van der Waals surface area contributed by atoms with Gasteiger partial charge in [0.1, 0.15) is 5.75 Å². The predicted molar refractivity (Wildman–Crippen MR) is 111 cm³/mol. The number of aromatic hydroxyl groups is 1. The Morgan fingerprint density at radius 1 is 0.852 bits per heavy atom. The third-order valence-corrected chi connectivity index (χ3v) is 6.46. The second kappa shape index (κ2) is 8.96. The van der Waals surface area contributed by atoms with Crippen LogP contribution in [0.25, 0.3) is 0 Å². The van der Waals surface area contributed by atoms with Crippen molar-refractivity contribution in [3.8, 4) is 5.75 Å². The van der Waals surface area contributed by atoms with Gasteiger partial charge in [0.2, 0.25) is 0 Å². The minimum absolute atomic E-state index is 0.302. The Labute approximate surface area is 163 Å². The molecule has 2 N–H and O–H groups in total. The smallest absolute Gasteiger partial charge is 0.198 e. The van der Waals surface area contributed by atoms with Gasteiger partial charge in [-0.25, -0.2) is 4.99 Å². The van der Waals surface area contributed by atoms with Gasteiger partial charge in [-0.15, -0.1) is 0 Å². The van der Waals surface area contributed by atoms with Gasteiger partial charge in [-0.05, 0) is 49.9 Å². The highest BCUT2D eigenvalue weighted by Gasteiger charge is 2.27. The minimum atomic E-state index is 0.302. The molecule has 2 saturated carbocycles. The highest BCUT2D eigenvalue weighted by molar-refractivity contribution is 5.94. The first-order valence-electron chi connectivity index (χ1n) is 10.9. The number of rotatable bonds is 3. The molecule has 1 heterocycles. The fourth-order valence-electron chi connectivity index (χ4n) is 4.82. The van der Waals surface area contributed by atoms with Gasteiger partial charge in [0.05, 0.1) is 6.04 Å². The van der Waals surface area contributed by atoms with Crippen molar-refractivity contribution in [1.29, 1.82) is 0 Å². The molecule has 1 aliphatic heterocycles. The van der Waals surface area contributed by atoms with Gasteiger partial charge in [0.25, 0.3) is 0 Å². The largest absolute Gasteiger partial charge is 0.508 e. The van der Waals surface area contributed by atoms with Crippen molar-refractivity contribution < 1.29 is 5.11 Å². The lowest BCUT2D eigenvalue weighted by atomic mass is 9.94. The standard InChI is InChI=1S/C22H34N4O/c27-21-12-10-19(11-13-21)24-22(23-18-6-4-5-7-18)26-16-14-25(15-17-26)20-8-2-1-3-9-20/h10-13,18,20,27H,1-9,14-17H2,(H,23,24). The van der Waals surface area contributed by atoms with Crippen molar-refractivity contribution in [3.63, 3.8) is 0 Å². The van der Waals surface area contributed by atoms with Gasteiger partial charge in [-0.3, -0.25) is 4.90 Å². The molecule has 0 amide bonds. The first-order valence-corrected chi connectivity index (χ1v) is 10.9. The molecule has 148 valence electrons. The monoisotopic (exact) mass is 370 g/mol. The molecule has 2 aliphatic carbocycles. The van der Waals surface area contributed by atoms with E-state index in [1.165, 1.54) is 57.8 Å². The lowest BCUT2D eigenvalue weighted by Gasteiger charge is -2.41. The van der Waals surface area contributed by atoms with Crippen molar-refractivity contribution in [2.75, 3.05) is 31.5 Å². The fourth-order valence-corrected chi connectivity index (χ4v) is 4.82. The molecule has 3 fully saturated rings. The van der Waals surface area contributed by atoms with Crippen LogP contribution in [0.15, 0.2) is 29.3 Å². The normalized spacial score (nSPS) is 23.7. The number of nitrogens with zero attached hydrogens (tertiary/aromatic N) is 3. The maximum absolute atomic E-state index is 9.55. The molecule has 0 unspecified atom stereocenters. The third-order valence-electron chi connectivity index (χ3n) is 6.46. The van der Waals surface area contributed by atoms with Gasteiger partial charge < -0.3 is 15.3 Å². The Morgan fingerprint density at radius 3 is 2.15 bits per heavy atom. The van der Waals surface area contributed by atoms with Gasteiger partial charge in [0, 0.05) is 37.9 Å². The average molecular weight is 371 g/mol. The van der Waals surface area contributed by atoms with Gasteiger partial charge in [-0.2, -0.15) is 0 Å². The van der Waals surface area contributed by atoms with Crippen LogP contribution in [0.2, 0.25) is 0 Å². The number of nitrogens with one attached hydrogen (secondary N) is 1. The number of hydrogen-bond acceptors (Lipinski definition) is 3. The summed E-state index contributed by atoms with van der Waals surface area (Å²) in [7, 11) is 0. The summed E-state index contributed by atoms with van der Waals surface area (Å²) in [5.41, 5.74) is 0.999. The first kappa shape index (κ1) is 18.6. The maximum Gasteiger partial charge on any atom is 0.198 e. The minimum Gasteiger partial charge on any atom is -0.508 e. The molecule has 27 heavy (non-hydrogen) atoms. The number of phenolic OH excluding ortho intramolecular Hbond substituents is 1. The van der Waals surface area contributed by atoms with E-state index in [4.69, 9.17) is 4.99 Å². The molecule has 5 heteroatoms.